The van der Waals surface area contributed by atoms with Crippen molar-refractivity contribution in [3.05, 3.63) is 47.4 Å². The van der Waals surface area contributed by atoms with Gasteiger partial charge in [0.15, 0.2) is 5.76 Å². The predicted molar refractivity (Wildman–Crippen MR) is 79.0 cm³/mol. The Bertz CT molecular complexity index is 624. The van der Waals surface area contributed by atoms with E-state index < -0.39 is 0 Å². The highest BCUT2D eigenvalue weighted by atomic mass is 35.5. The van der Waals surface area contributed by atoms with Gasteiger partial charge in [0.2, 0.25) is 0 Å². The Hall–Kier alpha value is -2.14. The molecule has 2 aromatic rings. The average Bonchev–Trinajstić information content (AvgIpc) is 2.97. The second-order valence-electron chi connectivity index (χ2n) is 4.40. The van der Waals surface area contributed by atoms with Gasteiger partial charge < -0.3 is 19.6 Å². The highest BCUT2D eigenvalue weighted by Gasteiger charge is 2.10. The molecule has 1 aromatic carbocycles. The van der Waals surface area contributed by atoms with Crippen molar-refractivity contribution in [1.29, 1.82) is 0 Å². The lowest BCUT2D eigenvalue weighted by Crippen LogP contribution is -2.25. The number of carbonyl (C=O) groups excluding carboxylic acids is 1. The molecule has 0 aliphatic heterocycles. The van der Waals surface area contributed by atoms with Crippen molar-refractivity contribution in [1.82, 2.24) is 5.32 Å². The van der Waals surface area contributed by atoms with Crippen molar-refractivity contribution in [2.45, 2.75) is 12.3 Å². The first-order valence-electron chi connectivity index (χ1n) is 6.42. The van der Waals surface area contributed by atoms with Crippen molar-refractivity contribution >= 4 is 17.5 Å². The summed E-state index contributed by atoms with van der Waals surface area (Å²) in [7, 11) is 1.53. The number of phenolic OH excluding ortho intramolecular Hbond substituents is 1. The number of hydrogen-bond acceptors (Lipinski definition) is 4. The highest BCUT2D eigenvalue weighted by Crippen LogP contribution is 2.23. The molecular formula is C15H16ClNO4. The molecule has 0 aliphatic rings. The molecular weight excluding hydrogens is 294 g/mol. The molecule has 0 saturated carbocycles. The van der Waals surface area contributed by atoms with Crippen LogP contribution in [0.3, 0.4) is 0 Å². The molecule has 6 heteroatoms. The van der Waals surface area contributed by atoms with Gasteiger partial charge in [-0.15, -0.1) is 11.6 Å². The molecule has 0 aliphatic carbocycles. The summed E-state index contributed by atoms with van der Waals surface area (Å²) in [6.07, 6.45) is 0.505. The van der Waals surface area contributed by atoms with Crippen molar-refractivity contribution in [3.8, 4) is 11.5 Å². The second kappa shape index (κ2) is 7.04. The molecule has 1 aromatic heterocycles. The van der Waals surface area contributed by atoms with Crippen LogP contribution in [-0.4, -0.2) is 24.7 Å². The zero-order valence-corrected chi connectivity index (χ0v) is 12.3. The number of alkyl halides is 1. The monoisotopic (exact) mass is 309 g/mol. The summed E-state index contributed by atoms with van der Waals surface area (Å²) >= 11 is 5.61. The molecule has 5 nitrogen and oxygen atoms in total. The molecule has 112 valence electrons. The number of rotatable bonds is 6. The zero-order valence-electron chi connectivity index (χ0n) is 11.6. The third-order valence-corrected chi connectivity index (χ3v) is 3.25. The van der Waals surface area contributed by atoms with Gasteiger partial charge in [-0.05, 0) is 30.2 Å². The van der Waals surface area contributed by atoms with Crippen LogP contribution in [0, 0.1) is 0 Å². The van der Waals surface area contributed by atoms with Gasteiger partial charge in [0.1, 0.15) is 17.3 Å². The van der Waals surface area contributed by atoms with Crippen LogP contribution >= 0.6 is 11.6 Å². The molecule has 0 atom stereocenters. The average molecular weight is 310 g/mol. The van der Waals surface area contributed by atoms with E-state index in [1.807, 2.05) is 0 Å². The largest absolute Gasteiger partial charge is 0.508 e. The van der Waals surface area contributed by atoms with Gasteiger partial charge in [-0.3, -0.25) is 4.79 Å². The van der Waals surface area contributed by atoms with E-state index in [1.54, 1.807) is 24.3 Å². The summed E-state index contributed by atoms with van der Waals surface area (Å²) in [5.41, 5.74) is 0.733. The summed E-state index contributed by atoms with van der Waals surface area (Å²) in [6.45, 7) is 0.385. The third kappa shape index (κ3) is 3.92. The number of hydrogen-bond donors (Lipinski definition) is 2. The molecule has 1 amide bonds. The smallest absolute Gasteiger partial charge is 0.287 e. The van der Waals surface area contributed by atoms with E-state index >= 15 is 0 Å². The zero-order chi connectivity index (χ0) is 15.2. The van der Waals surface area contributed by atoms with E-state index in [-0.39, 0.29) is 23.3 Å². The number of amides is 1. The van der Waals surface area contributed by atoms with Gasteiger partial charge >= 0.3 is 0 Å². The fourth-order valence-corrected chi connectivity index (χ4v) is 2.00. The number of furan rings is 1. The Balaban J connectivity index is 1.87. The lowest BCUT2D eigenvalue weighted by molar-refractivity contribution is 0.0925. The molecule has 0 spiro atoms. The molecule has 0 radical (unpaired) electrons. The lowest BCUT2D eigenvalue weighted by atomic mass is 10.1. The maximum absolute atomic E-state index is 11.8. The maximum Gasteiger partial charge on any atom is 0.287 e. The molecule has 0 unspecified atom stereocenters. The van der Waals surface area contributed by atoms with Crippen LogP contribution in [0.15, 0.2) is 34.7 Å². The Morgan fingerprint density at radius 1 is 1.38 bits per heavy atom. The van der Waals surface area contributed by atoms with Crippen molar-refractivity contribution in [2.24, 2.45) is 0 Å². The minimum absolute atomic E-state index is 0.144. The summed E-state index contributed by atoms with van der Waals surface area (Å²) < 4.78 is 10.3. The van der Waals surface area contributed by atoms with Crippen LogP contribution in [0.25, 0.3) is 0 Å². The Morgan fingerprint density at radius 3 is 2.81 bits per heavy atom. The topological polar surface area (TPSA) is 71.7 Å². The third-order valence-electron chi connectivity index (χ3n) is 2.99. The van der Waals surface area contributed by atoms with E-state index in [0.29, 0.717) is 24.5 Å². The quantitative estimate of drug-likeness (QED) is 0.805. The number of benzene rings is 1. The van der Waals surface area contributed by atoms with Crippen molar-refractivity contribution < 1.29 is 19.1 Å². The Kier molecular flexibility index (Phi) is 5.11. The summed E-state index contributed by atoms with van der Waals surface area (Å²) in [4.78, 5) is 11.8. The van der Waals surface area contributed by atoms with Crippen LogP contribution < -0.4 is 10.1 Å². The minimum atomic E-state index is -0.306. The van der Waals surface area contributed by atoms with E-state index in [2.05, 4.69) is 5.32 Å². The standard InChI is InChI=1S/C15H16ClNO4/c1-20-11-3-2-10(13(18)8-11)6-7-17-15(19)14-5-4-12(9-16)21-14/h2-5,8,18H,6-7,9H2,1H3,(H,17,19). The maximum atomic E-state index is 11.8. The van der Waals surface area contributed by atoms with Crippen LogP contribution in [0.1, 0.15) is 21.9 Å². The molecule has 21 heavy (non-hydrogen) atoms. The van der Waals surface area contributed by atoms with Crippen molar-refractivity contribution in [3.63, 3.8) is 0 Å². The van der Waals surface area contributed by atoms with Gasteiger partial charge in [0, 0.05) is 12.6 Å². The van der Waals surface area contributed by atoms with Gasteiger partial charge in [0.05, 0.1) is 13.0 Å². The number of carbonyl (C=O) groups is 1. The molecule has 0 saturated heterocycles. The van der Waals surface area contributed by atoms with E-state index in [9.17, 15) is 9.90 Å². The molecule has 0 bridgehead atoms. The summed E-state index contributed by atoms with van der Waals surface area (Å²) in [5.74, 6) is 1.43. The number of aromatic hydroxyl groups is 1. The highest BCUT2D eigenvalue weighted by molar-refractivity contribution is 6.16. The van der Waals surface area contributed by atoms with E-state index in [0.717, 1.165) is 5.56 Å². The molecule has 2 rings (SSSR count). The van der Waals surface area contributed by atoms with Crippen molar-refractivity contribution in [2.75, 3.05) is 13.7 Å². The number of nitrogens with one attached hydrogen (secondary N) is 1. The Labute approximate surface area is 127 Å². The summed E-state index contributed by atoms with van der Waals surface area (Å²) in [6, 6.07) is 8.31. The second-order valence-corrected chi connectivity index (χ2v) is 4.67. The van der Waals surface area contributed by atoms with Crippen LogP contribution in [-0.2, 0) is 12.3 Å². The number of ether oxygens (including phenoxy) is 1. The fraction of sp³-hybridized carbons (Fsp3) is 0.267. The minimum Gasteiger partial charge on any atom is -0.508 e. The first-order chi connectivity index (χ1) is 10.1. The van der Waals surface area contributed by atoms with E-state index in [1.165, 1.54) is 13.2 Å². The normalized spacial score (nSPS) is 10.4. The van der Waals surface area contributed by atoms with Crippen LogP contribution in [0.2, 0.25) is 0 Å². The first-order valence-corrected chi connectivity index (χ1v) is 6.96. The number of methoxy groups -OCH3 is 1. The number of halogens is 1. The van der Waals surface area contributed by atoms with Crippen LogP contribution in [0.5, 0.6) is 11.5 Å². The molecule has 1 heterocycles. The molecule has 2 N–H and O–H groups in total. The molecule has 0 fully saturated rings. The summed E-state index contributed by atoms with van der Waals surface area (Å²) in [5, 5.41) is 12.5. The number of phenols is 1. The van der Waals surface area contributed by atoms with Gasteiger partial charge in [0.25, 0.3) is 5.91 Å². The van der Waals surface area contributed by atoms with Gasteiger partial charge in [-0.25, -0.2) is 0 Å². The lowest BCUT2D eigenvalue weighted by Gasteiger charge is -2.07. The first kappa shape index (κ1) is 15.3. The SMILES string of the molecule is COc1ccc(CCNC(=O)c2ccc(CCl)o2)c(O)c1. The van der Waals surface area contributed by atoms with E-state index in [4.69, 9.17) is 20.8 Å². The van der Waals surface area contributed by atoms with Gasteiger partial charge in [-0.2, -0.15) is 0 Å². The van der Waals surface area contributed by atoms with Gasteiger partial charge in [-0.1, -0.05) is 6.07 Å². The Morgan fingerprint density at radius 2 is 2.19 bits per heavy atom. The fourth-order valence-electron chi connectivity index (χ4n) is 1.85. The van der Waals surface area contributed by atoms with Crippen LogP contribution in [0.4, 0.5) is 0 Å². The predicted octanol–water partition coefficient (Wildman–Crippen LogP) is 2.71.